The Bertz CT molecular complexity index is 582. The van der Waals surface area contributed by atoms with Gasteiger partial charge in [0.05, 0.1) is 7.11 Å². The van der Waals surface area contributed by atoms with Crippen molar-refractivity contribution in [1.29, 1.82) is 0 Å². The summed E-state index contributed by atoms with van der Waals surface area (Å²) < 4.78 is 18.8. The number of nitrogens with one attached hydrogen (secondary N) is 1. The van der Waals surface area contributed by atoms with E-state index in [9.17, 15) is 9.18 Å². The minimum atomic E-state index is -0.244. The molecule has 2 heterocycles. The largest absolute Gasteiger partial charge is 0.496 e. The van der Waals surface area contributed by atoms with Gasteiger partial charge in [0.2, 0.25) is 5.91 Å². The first kappa shape index (κ1) is 18.1. The van der Waals surface area contributed by atoms with Crippen LogP contribution >= 0.6 is 0 Å². The van der Waals surface area contributed by atoms with Gasteiger partial charge in [0.15, 0.2) is 0 Å². The van der Waals surface area contributed by atoms with Crippen molar-refractivity contribution in [2.45, 2.75) is 25.8 Å². The first-order chi connectivity index (χ1) is 12.2. The van der Waals surface area contributed by atoms with Gasteiger partial charge in [-0.15, -0.1) is 0 Å². The highest BCUT2D eigenvalue weighted by atomic mass is 19.1. The zero-order valence-corrected chi connectivity index (χ0v) is 15.0. The van der Waals surface area contributed by atoms with Gasteiger partial charge in [-0.25, -0.2) is 4.39 Å². The van der Waals surface area contributed by atoms with Gasteiger partial charge < -0.3 is 15.0 Å². The molecule has 0 aromatic heterocycles. The third-order valence-electron chi connectivity index (χ3n) is 5.29. The summed E-state index contributed by atoms with van der Waals surface area (Å²) >= 11 is 0. The predicted octanol–water partition coefficient (Wildman–Crippen LogP) is 1.87. The lowest BCUT2D eigenvalue weighted by Gasteiger charge is -2.35. The second-order valence-corrected chi connectivity index (χ2v) is 7.01. The van der Waals surface area contributed by atoms with Crippen LogP contribution < -0.4 is 10.1 Å². The maximum absolute atomic E-state index is 13.5. The Labute approximate surface area is 149 Å². The SMILES string of the molecule is COc1ccc(F)cc1CN1CCN(C(=O)CCC2CCNC2)CC1. The number of ether oxygens (including phenoxy) is 1. The molecular weight excluding hydrogens is 321 g/mol. The molecule has 1 amide bonds. The maximum atomic E-state index is 13.5. The van der Waals surface area contributed by atoms with Crippen LogP contribution in [0.25, 0.3) is 0 Å². The molecule has 0 aliphatic carbocycles. The topological polar surface area (TPSA) is 44.8 Å². The molecule has 6 heteroatoms. The molecule has 1 N–H and O–H groups in total. The third kappa shape index (κ3) is 4.92. The van der Waals surface area contributed by atoms with E-state index in [1.807, 2.05) is 4.90 Å². The molecule has 3 rings (SSSR count). The Balaban J connectivity index is 1.45. The minimum absolute atomic E-state index is 0.244. The van der Waals surface area contributed by atoms with Crippen molar-refractivity contribution in [3.8, 4) is 5.75 Å². The molecule has 1 aromatic rings. The highest BCUT2D eigenvalue weighted by Crippen LogP contribution is 2.22. The van der Waals surface area contributed by atoms with Gasteiger partial charge in [0.25, 0.3) is 0 Å². The second-order valence-electron chi connectivity index (χ2n) is 7.01. The van der Waals surface area contributed by atoms with Gasteiger partial charge >= 0.3 is 0 Å². The summed E-state index contributed by atoms with van der Waals surface area (Å²) in [4.78, 5) is 16.6. The molecule has 25 heavy (non-hydrogen) atoms. The van der Waals surface area contributed by atoms with E-state index in [4.69, 9.17) is 4.74 Å². The summed E-state index contributed by atoms with van der Waals surface area (Å²) in [6.07, 6.45) is 2.84. The van der Waals surface area contributed by atoms with Crippen LogP contribution in [0.1, 0.15) is 24.8 Å². The van der Waals surface area contributed by atoms with E-state index in [1.54, 1.807) is 13.2 Å². The number of amides is 1. The van der Waals surface area contributed by atoms with Gasteiger partial charge in [-0.3, -0.25) is 9.69 Å². The Morgan fingerprint density at radius 3 is 2.80 bits per heavy atom. The average Bonchev–Trinajstić information content (AvgIpc) is 3.14. The number of hydrogen-bond acceptors (Lipinski definition) is 4. The lowest BCUT2D eigenvalue weighted by atomic mass is 10.0. The number of carbonyl (C=O) groups is 1. The summed E-state index contributed by atoms with van der Waals surface area (Å²) in [5.74, 6) is 1.40. The molecule has 138 valence electrons. The van der Waals surface area contributed by atoms with E-state index in [0.29, 0.717) is 24.6 Å². The van der Waals surface area contributed by atoms with E-state index in [2.05, 4.69) is 10.2 Å². The van der Waals surface area contributed by atoms with Crippen molar-refractivity contribution in [3.63, 3.8) is 0 Å². The van der Waals surface area contributed by atoms with E-state index in [0.717, 1.165) is 51.3 Å². The Kier molecular flexibility index (Phi) is 6.26. The number of benzene rings is 1. The molecule has 2 aliphatic rings. The molecule has 2 aliphatic heterocycles. The quantitative estimate of drug-likeness (QED) is 0.852. The predicted molar refractivity (Wildman–Crippen MR) is 95.0 cm³/mol. The average molecular weight is 349 g/mol. The molecule has 0 radical (unpaired) electrons. The Morgan fingerprint density at radius 2 is 2.12 bits per heavy atom. The molecular formula is C19H28FN3O2. The van der Waals surface area contributed by atoms with Crippen LogP contribution in [-0.4, -0.2) is 62.1 Å². The van der Waals surface area contributed by atoms with Crippen LogP contribution in [0.15, 0.2) is 18.2 Å². The van der Waals surface area contributed by atoms with Crippen LogP contribution in [0, 0.1) is 11.7 Å². The van der Waals surface area contributed by atoms with Crippen molar-refractivity contribution in [2.75, 3.05) is 46.4 Å². The second kappa shape index (κ2) is 8.63. The molecule has 1 aromatic carbocycles. The summed E-state index contributed by atoms with van der Waals surface area (Å²) in [5.41, 5.74) is 0.857. The summed E-state index contributed by atoms with van der Waals surface area (Å²) in [6.45, 7) is 5.92. The van der Waals surface area contributed by atoms with E-state index in [1.165, 1.54) is 18.6 Å². The van der Waals surface area contributed by atoms with Crippen LogP contribution in [0.4, 0.5) is 4.39 Å². The lowest BCUT2D eigenvalue weighted by Crippen LogP contribution is -2.48. The molecule has 1 unspecified atom stereocenters. The monoisotopic (exact) mass is 349 g/mol. The van der Waals surface area contributed by atoms with Gasteiger partial charge in [0, 0.05) is 44.7 Å². The molecule has 2 saturated heterocycles. The van der Waals surface area contributed by atoms with E-state index in [-0.39, 0.29) is 11.7 Å². The fourth-order valence-corrected chi connectivity index (χ4v) is 3.71. The van der Waals surface area contributed by atoms with Crippen LogP contribution in [-0.2, 0) is 11.3 Å². The zero-order valence-electron chi connectivity index (χ0n) is 15.0. The smallest absolute Gasteiger partial charge is 0.222 e. The molecule has 1 atom stereocenters. The Morgan fingerprint density at radius 1 is 1.32 bits per heavy atom. The molecule has 0 bridgehead atoms. The van der Waals surface area contributed by atoms with Crippen molar-refractivity contribution >= 4 is 5.91 Å². The standard InChI is InChI=1S/C19H28FN3O2/c1-25-18-4-3-17(20)12-16(18)14-22-8-10-23(11-9-22)19(24)5-2-15-6-7-21-13-15/h3-4,12,15,21H,2,5-11,13-14H2,1H3. The molecule has 0 saturated carbocycles. The summed E-state index contributed by atoms with van der Waals surface area (Å²) in [6, 6.07) is 4.62. The van der Waals surface area contributed by atoms with E-state index >= 15 is 0 Å². The number of halogens is 1. The normalized spacial score (nSPS) is 21.5. The van der Waals surface area contributed by atoms with Gasteiger partial charge in [-0.1, -0.05) is 0 Å². The third-order valence-corrected chi connectivity index (χ3v) is 5.29. The molecule has 5 nitrogen and oxygen atoms in total. The van der Waals surface area contributed by atoms with Crippen molar-refractivity contribution < 1.29 is 13.9 Å². The zero-order chi connectivity index (χ0) is 17.6. The highest BCUT2D eigenvalue weighted by molar-refractivity contribution is 5.76. The number of methoxy groups -OCH3 is 1. The lowest BCUT2D eigenvalue weighted by molar-refractivity contribution is -0.133. The number of rotatable bonds is 6. The van der Waals surface area contributed by atoms with E-state index < -0.39 is 0 Å². The van der Waals surface area contributed by atoms with Crippen LogP contribution in [0.2, 0.25) is 0 Å². The summed E-state index contributed by atoms with van der Waals surface area (Å²) in [5, 5.41) is 3.35. The van der Waals surface area contributed by atoms with Gasteiger partial charge in [0.1, 0.15) is 11.6 Å². The maximum Gasteiger partial charge on any atom is 0.222 e. The number of hydrogen-bond donors (Lipinski definition) is 1. The number of piperazine rings is 1. The summed E-state index contributed by atoms with van der Waals surface area (Å²) in [7, 11) is 1.60. The highest BCUT2D eigenvalue weighted by Gasteiger charge is 2.23. The minimum Gasteiger partial charge on any atom is -0.496 e. The first-order valence-electron chi connectivity index (χ1n) is 9.19. The van der Waals surface area contributed by atoms with Crippen molar-refractivity contribution in [3.05, 3.63) is 29.6 Å². The fourth-order valence-electron chi connectivity index (χ4n) is 3.71. The van der Waals surface area contributed by atoms with Gasteiger partial charge in [-0.2, -0.15) is 0 Å². The Hall–Kier alpha value is -1.66. The fraction of sp³-hybridized carbons (Fsp3) is 0.632. The van der Waals surface area contributed by atoms with Crippen LogP contribution in [0.5, 0.6) is 5.75 Å². The van der Waals surface area contributed by atoms with Crippen LogP contribution in [0.3, 0.4) is 0 Å². The first-order valence-corrected chi connectivity index (χ1v) is 9.19. The number of nitrogens with zero attached hydrogens (tertiary/aromatic N) is 2. The molecule has 2 fully saturated rings. The van der Waals surface area contributed by atoms with Crippen molar-refractivity contribution in [1.82, 2.24) is 15.1 Å². The number of carbonyl (C=O) groups excluding carboxylic acids is 1. The van der Waals surface area contributed by atoms with Gasteiger partial charge in [-0.05, 0) is 50.0 Å². The molecule has 0 spiro atoms. The van der Waals surface area contributed by atoms with Crippen molar-refractivity contribution in [2.24, 2.45) is 5.92 Å².